The van der Waals surface area contributed by atoms with Gasteiger partial charge < -0.3 is 4.74 Å². The number of halogens is 2. The minimum Gasteiger partial charge on any atom is -0.494 e. The predicted octanol–water partition coefficient (Wildman–Crippen LogP) is 4.77. The van der Waals surface area contributed by atoms with Gasteiger partial charge in [-0.05, 0) is 39.2 Å². The molecular weight excluding hydrogens is 309 g/mol. The number of methoxy groups -OCH3 is 1. The van der Waals surface area contributed by atoms with Crippen molar-refractivity contribution in [2.24, 2.45) is 0 Å². The molecule has 1 aliphatic carbocycles. The molecule has 0 aliphatic heterocycles. The predicted molar refractivity (Wildman–Crippen MR) is 88.3 cm³/mol. The molecular formula is C14H17Cl2LiO2P. The largest absolute Gasteiger partial charge is 0.494 e. The van der Waals surface area contributed by atoms with Crippen LogP contribution in [0.5, 0.6) is 5.75 Å². The van der Waals surface area contributed by atoms with Crippen molar-refractivity contribution in [1.29, 1.82) is 0 Å². The number of benzene rings is 1. The molecule has 1 unspecified atom stereocenters. The van der Waals surface area contributed by atoms with Crippen molar-refractivity contribution in [2.75, 3.05) is 7.11 Å². The van der Waals surface area contributed by atoms with E-state index in [1.165, 1.54) is 26.4 Å². The van der Waals surface area contributed by atoms with Crippen molar-refractivity contribution in [1.82, 2.24) is 0 Å². The van der Waals surface area contributed by atoms with Crippen LogP contribution in [-0.4, -0.2) is 37.2 Å². The van der Waals surface area contributed by atoms with E-state index in [1.807, 2.05) is 0 Å². The number of rotatable bonds is 4. The minimum atomic E-state index is 0. The number of ether oxygens (including phenoxy) is 1. The molecule has 105 valence electrons. The zero-order valence-corrected chi connectivity index (χ0v) is 14.4. The quantitative estimate of drug-likeness (QED) is 0.588. The van der Waals surface area contributed by atoms with Gasteiger partial charge in [-0.1, -0.05) is 42.5 Å². The van der Waals surface area contributed by atoms with E-state index in [0.29, 0.717) is 27.0 Å². The van der Waals surface area contributed by atoms with Crippen molar-refractivity contribution >= 4 is 56.2 Å². The van der Waals surface area contributed by atoms with E-state index >= 15 is 0 Å². The molecule has 0 aromatic heterocycles. The van der Waals surface area contributed by atoms with Gasteiger partial charge in [0.2, 0.25) is 0 Å². The Hall–Kier alpha value is 0.297. The van der Waals surface area contributed by atoms with Crippen LogP contribution < -0.4 is 4.74 Å². The molecule has 0 spiro atoms. The summed E-state index contributed by atoms with van der Waals surface area (Å²) >= 11 is 12.2. The molecule has 1 radical (unpaired) electrons. The molecule has 1 atom stereocenters. The number of hydrogen-bond donors (Lipinski definition) is 0. The fraction of sp³-hybridized carbons (Fsp3) is 0.500. The third-order valence-corrected chi connectivity index (χ3v) is 5.54. The van der Waals surface area contributed by atoms with Crippen molar-refractivity contribution in [3.05, 3.63) is 27.7 Å². The molecule has 1 saturated carbocycles. The van der Waals surface area contributed by atoms with Gasteiger partial charge in [-0.25, -0.2) is 0 Å². The molecule has 1 aromatic carbocycles. The Kier molecular flexibility index (Phi) is 7.95. The van der Waals surface area contributed by atoms with Gasteiger partial charge in [-0.3, -0.25) is 4.79 Å². The molecule has 0 heterocycles. The van der Waals surface area contributed by atoms with Crippen molar-refractivity contribution in [3.63, 3.8) is 0 Å². The average Bonchev–Trinajstić information content (AvgIpc) is 2.42. The van der Waals surface area contributed by atoms with Crippen molar-refractivity contribution in [3.8, 4) is 5.75 Å². The average molecular weight is 326 g/mol. The van der Waals surface area contributed by atoms with Gasteiger partial charge in [0.25, 0.3) is 0 Å². The molecule has 6 heteroatoms. The Morgan fingerprint density at radius 3 is 2.40 bits per heavy atom. The van der Waals surface area contributed by atoms with E-state index in [9.17, 15) is 4.79 Å². The van der Waals surface area contributed by atoms with Crippen LogP contribution in [0, 0.1) is 0 Å². The van der Waals surface area contributed by atoms with Crippen LogP contribution in [0.1, 0.15) is 42.5 Å². The fourth-order valence-corrected chi connectivity index (χ4v) is 4.46. The third kappa shape index (κ3) is 4.39. The van der Waals surface area contributed by atoms with Crippen LogP contribution in [0.3, 0.4) is 0 Å². The van der Waals surface area contributed by atoms with Gasteiger partial charge in [0, 0.05) is 18.9 Å². The molecule has 0 amide bonds. The Balaban J connectivity index is 0.00000200. The first kappa shape index (κ1) is 18.3. The maximum atomic E-state index is 12.5. The van der Waals surface area contributed by atoms with E-state index in [4.69, 9.17) is 27.9 Å². The molecule has 1 aromatic rings. The topological polar surface area (TPSA) is 26.3 Å². The summed E-state index contributed by atoms with van der Waals surface area (Å²) in [5, 5.41) is 0.859. The molecule has 0 N–H and O–H groups in total. The van der Waals surface area contributed by atoms with Crippen molar-refractivity contribution in [2.45, 2.75) is 37.8 Å². The Morgan fingerprint density at radius 1 is 1.20 bits per heavy atom. The van der Waals surface area contributed by atoms with Crippen LogP contribution in [-0.2, 0) is 0 Å². The number of hydrogen-bond acceptors (Lipinski definition) is 2. The van der Waals surface area contributed by atoms with E-state index in [-0.39, 0.29) is 33.0 Å². The van der Waals surface area contributed by atoms with Crippen LogP contribution in [0.4, 0.5) is 0 Å². The van der Waals surface area contributed by atoms with E-state index in [0.717, 1.165) is 12.8 Å². The van der Waals surface area contributed by atoms with Crippen molar-refractivity contribution < 1.29 is 9.53 Å². The SMILES string of the molecule is COc1c(Cl)ccc(Cl)c1C(=O)PC1CCCCC1.[Li]. The van der Waals surface area contributed by atoms with Gasteiger partial charge >= 0.3 is 0 Å². The number of carbonyl (C=O) groups is 1. The summed E-state index contributed by atoms with van der Waals surface area (Å²) in [5.41, 5.74) is 1.01. The second kappa shape index (κ2) is 8.67. The van der Waals surface area contributed by atoms with E-state index < -0.39 is 0 Å². The van der Waals surface area contributed by atoms with Gasteiger partial charge in [-0.2, -0.15) is 0 Å². The summed E-state index contributed by atoms with van der Waals surface area (Å²) in [6, 6.07) is 3.31. The van der Waals surface area contributed by atoms with Crippen LogP contribution in [0.2, 0.25) is 10.0 Å². The first-order chi connectivity index (χ1) is 9.13. The maximum absolute atomic E-state index is 12.5. The summed E-state index contributed by atoms with van der Waals surface area (Å²) in [7, 11) is 1.77. The van der Waals surface area contributed by atoms with Gasteiger partial charge in [0.05, 0.1) is 22.7 Å². The summed E-state index contributed by atoms with van der Waals surface area (Å²) in [6.45, 7) is 0. The van der Waals surface area contributed by atoms with Gasteiger partial charge in [-0.15, -0.1) is 0 Å². The summed E-state index contributed by atoms with van der Waals surface area (Å²) in [5.74, 6) is 0.405. The monoisotopic (exact) mass is 325 g/mol. The third-order valence-electron chi connectivity index (χ3n) is 3.43. The Labute approximate surface area is 143 Å². The molecule has 1 aliphatic rings. The first-order valence-electron chi connectivity index (χ1n) is 6.46. The van der Waals surface area contributed by atoms with Crippen LogP contribution >= 0.6 is 31.8 Å². The number of carbonyl (C=O) groups excluding carboxylic acids is 1. The van der Waals surface area contributed by atoms with E-state index in [2.05, 4.69) is 0 Å². The summed E-state index contributed by atoms with van der Waals surface area (Å²) in [6.07, 6.45) is 6.03. The smallest absolute Gasteiger partial charge is 0.186 e. The summed E-state index contributed by atoms with van der Waals surface area (Å²) < 4.78 is 5.23. The molecule has 2 nitrogen and oxygen atoms in total. The second-order valence-corrected chi connectivity index (χ2v) is 7.12. The maximum Gasteiger partial charge on any atom is 0.186 e. The second-order valence-electron chi connectivity index (χ2n) is 4.75. The normalized spacial score (nSPS) is 16.1. The first-order valence-corrected chi connectivity index (χ1v) is 8.29. The molecule has 1 fully saturated rings. The summed E-state index contributed by atoms with van der Waals surface area (Å²) in [4.78, 5) is 12.5. The minimum absolute atomic E-state index is 0. The fourth-order valence-electron chi connectivity index (χ4n) is 2.45. The molecule has 0 saturated heterocycles. The Morgan fingerprint density at radius 2 is 1.80 bits per heavy atom. The van der Waals surface area contributed by atoms with Gasteiger partial charge in [0.15, 0.2) is 5.52 Å². The molecule has 0 bridgehead atoms. The molecule has 2 rings (SSSR count). The molecule has 20 heavy (non-hydrogen) atoms. The zero-order chi connectivity index (χ0) is 13.8. The zero-order valence-electron chi connectivity index (χ0n) is 11.8. The van der Waals surface area contributed by atoms with Crippen LogP contribution in [0.25, 0.3) is 0 Å². The van der Waals surface area contributed by atoms with E-state index in [1.54, 1.807) is 12.1 Å². The van der Waals surface area contributed by atoms with Crippen LogP contribution in [0.15, 0.2) is 12.1 Å². The Bertz CT molecular complexity index is 476. The standard InChI is InChI=1S/C14H17Cl2O2P.Li/c1-18-13-11(16)8-7-10(15)12(13)14(17)19-9-5-3-2-4-6-9;/h7-9,19H,2-6H2,1H3;. The van der Waals surface area contributed by atoms with Gasteiger partial charge in [0.1, 0.15) is 5.75 Å².